The highest BCUT2D eigenvalue weighted by atomic mass is 16.6. The third-order valence-corrected chi connectivity index (χ3v) is 3.95. The van der Waals surface area contributed by atoms with E-state index < -0.39 is 29.6 Å². The lowest BCUT2D eigenvalue weighted by molar-refractivity contribution is -0.154. The molecule has 8 nitrogen and oxygen atoms in total. The number of hydrogen-bond donors (Lipinski definition) is 2. The van der Waals surface area contributed by atoms with Gasteiger partial charge in [0, 0.05) is 20.6 Å². The maximum atomic E-state index is 12.1. The van der Waals surface area contributed by atoms with Crippen molar-refractivity contribution < 1.29 is 33.6 Å². The van der Waals surface area contributed by atoms with Gasteiger partial charge >= 0.3 is 11.6 Å². The Kier molecular flexibility index (Phi) is 5.66. The van der Waals surface area contributed by atoms with Crippen LogP contribution < -0.4 is 5.63 Å². The lowest BCUT2D eigenvalue weighted by Gasteiger charge is -2.22. The molecular formula is C17H20O8. The fraction of sp³-hybridized carbons (Fsp3) is 0.412. The molecule has 0 unspecified atom stereocenters. The van der Waals surface area contributed by atoms with E-state index in [4.69, 9.17) is 13.9 Å². The average molecular weight is 352 g/mol. The molecule has 136 valence electrons. The minimum absolute atomic E-state index is 0.0305. The van der Waals surface area contributed by atoms with Crippen LogP contribution in [0.3, 0.4) is 0 Å². The summed E-state index contributed by atoms with van der Waals surface area (Å²) in [6.45, 7) is 1.58. The number of phenolic OH excluding ortho intramolecular Hbond substituents is 2. The van der Waals surface area contributed by atoms with E-state index in [0.29, 0.717) is 11.1 Å². The maximum absolute atomic E-state index is 12.1. The van der Waals surface area contributed by atoms with Crippen molar-refractivity contribution in [1.29, 1.82) is 0 Å². The van der Waals surface area contributed by atoms with Crippen LogP contribution in [0.4, 0.5) is 0 Å². The van der Waals surface area contributed by atoms with E-state index in [1.165, 1.54) is 33.5 Å². The molecule has 2 rings (SSSR count). The minimum Gasteiger partial charge on any atom is -0.507 e. The van der Waals surface area contributed by atoms with E-state index in [2.05, 4.69) is 4.74 Å². The van der Waals surface area contributed by atoms with Crippen molar-refractivity contribution in [1.82, 2.24) is 0 Å². The van der Waals surface area contributed by atoms with Crippen molar-refractivity contribution in [2.45, 2.75) is 25.6 Å². The quantitative estimate of drug-likeness (QED) is 0.756. The summed E-state index contributed by atoms with van der Waals surface area (Å²) in [6, 6.07) is 2.86. The number of phenols is 2. The Morgan fingerprint density at radius 3 is 2.44 bits per heavy atom. The molecule has 0 aliphatic carbocycles. The van der Waals surface area contributed by atoms with Crippen LogP contribution in [0.2, 0.25) is 0 Å². The van der Waals surface area contributed by atoms with Gasteiger partial charge in [-0.05, 0) is 24.4 Å². The summed E-state index contributed by atoms with van der Waals surface area (Å²) >= 11 is 0. The third-order valence-electron chi connectivity index (χ3n) is 3.95. The maximum Gasteiger partial charge on any atom is 0.347 e. The Bertz CT molecular complexity index is 839. The number of methoxy groups -OCH3 is 3. The van der Waals surface area contributed by atoms with E-state index in [1.54, 1.807) is 6.92 Å². The summed E-state index contributed by atoms with van der Waals surface area (Å²) in [7, 11) is 3.88. The van der Waals surface area contributed by atoms with Gasteiger partial charge in [0.15, 0.2) is 6.10 Å². The van der Waals surface area contributed by atoms with Crippen LogP contribution >= 0.6 is 0 Å². The predicted octanol–water partition coefficient (Wildman–Crippen LogP) is 1.78. The van der Waals surface area contributed by atoms with Crippen LogP contribution in [0.15, 0.2) is 21.3 Å². The molecule has 0 bridgehead atoms. The largest absolute Gasteiger partial charge is 0.507 e. The Balaban J connectivity index is 2.58. The first-order valence-corrected chi connectivity index (χ1v) is 7.46. The molecule has 2 N–H and O–H groups in total. The number of aromatic hydroxyl groups is 2. The molecule has 2 aromatic rings. The molecule has 0 radical (unpaired) electrons. The highest BCUT2D eigenvalue weighted by Crippen LogP contribution is 2.41. The lowest BCUT2D eigenvalue weighted by Crippen LogP contribution is -2.27. The summed E-state index contributed by atoms with van der Waals surface area (Å²) < 4.78 is 20.0. The molecule has 0 aliphatic heterocycles. The monoisotopic (exact) mass is 352 g/mol. The summed E-state index contributed by atoms with van der Waals surface area (Å²) in [6.07, 6.45) is -1.93. The number of hydrogen-bond acceptors (Lipinski definition) is 8. The molecule has 8 heteroatoms. The highest BCUT2D eigenvalue weighted by Gasteiger charge is 2.29. The van der Waals surface area contributed by atoms with Crippen LogP contribution in [-0.2, 0) is 19.0 Å². The van der Waals surface area contributed by atoms with Crippen LogP contribution in [0.5, 0.6) is 11.5 Å². The zero-order valence-corrected chi connectivity index (χ0v) is 14.4. The predicted molar refractivity (Wildman–Crippen MR) is 87.7 cm³/mol. The van der Waals surface area contributed by atoms with Gasteiger partial charge in [-0.25, -0.2) is 9.59 Å². The van der Waals surface area contributed by atoms with Crippen LogP contribution in [-0.4, -0.2) is 43.6 Å². The van der Waals surface area contributed by atoms with Gasteiger partial charge in [-0.15, -0.1) is 0 Å². The van der Waals surface area contributed by atoms with Crippen molar-refractivity contribution in [2.24, 2.45) is 0 Å². The normalized spacial score (nSPS) is 13.6. The molecule has 1 aromatic heterocycles. The molecule has 0 amide bonds. The van der Waals surface area contributed by atoms with Gasteiger partial charge in [0.05, 0.1) is 18.8 Å². The molecule has 0 fully saturated rings. The van der Waals surface area contributed by atoms with Crippen LogP contribution in [0.25, 0.3) is 10.8 Å². The first kappa shape index (κ1) is 18.8. The number of esters is 1. The fourth-order valence-electron chi connectivity index (χ4n) is 2.73. The Labute approximate surface area is 143 Å². The van der Waals surface area contributed by atoms with E-state index in [0.717, 1.165) is 0 Å². The number of fused-ring (bicyclic) bond motifs is 1. The lowest BCUT2D eigenvalue weighted by atomic mass is 9.97. The Morgan fingerprint density at radius 2 is 1.88 bits per heavy atom. The number of rotatable bonds is 6. The van der Waals surface area contributed by atoms with Gasteiger partial charge < -0.3 is 28.8 Å². The average Bonchev–Trinajstić information content (AvgIpc) is 2.55. The van der Waals surface area contributed by atoms with Gasteiger partial charge in [-0.1, -0.05) is 0 Å². The molecule has 0 saturated heterocycles. The van der Waals surface area contributed by atoms with Crippen molar-refractivity contribution in [2.75, 3.05) is 21.3 Å². The van der Waals surface area contributed by atoms with E-state index in [9.17, 15) is 19.8 Å². The Hall–Kier alpha value is -2.58. The van der Waals surface area contributed by atoms with Crippen molar-refractivity contribution in [3.05, 3.63) is 33.9 Å². The minimum atomic E-state index is -0.973. The van der Waals surface area contributed by atoms with Crippen molar-refractivity contribution in [3.8, 4) is 11.5 Å². The second-order valence-electron chi connectivity index (χ2n) is 5.47. The number of aryl methyl sites for hydroxylation is 1. The topological polar surface area (TPSA) is 115 Å². The SMILES string of the molecule is COC(=O)[C@@H](C[C@H](OC)c1c(O)cc2cc(C)oc(=O)c2c1O)OC. The fourth-order valence-corrected chi connectivity index (χ4v) is 2.73. The van der Waals surface area contributed by atoms with E-state index in [-0.39, 0.29) is 23.1 Å². The molecule has 1 heterocycles. The van der Waals surface area contributed by atoms with Gasteiger partial charge in [-0.3, -0.25) is 0 Å². The van der Waals surface area contributed by atoms with E-state index in [1.807, 2.05) is 0 Å². The third kappa shape index (κ3) is 3.59. The van der Waals surface area contributed by atoms with Crippen LogP contribution in [0, 0.1) is 6.92 Å². The molecule has 0 saturated carbocycles. The van der Waals surface area contributed by atoms with Gasteiger partial charge in [0.2, 0.25) is 0 Å². The first-order valence-electron chi connectivity index (χ1n) is 7.46. The second kappa shape index (κ2) is 7.54. The van der Waals surface area contributed by atoms with Gasteiger partial charge in [-0.2, -0.15) is 0 Å². The molecule has 2 atom stereocenters. The van der Waals surface area contributed by atoms with Gasteiger partial charge in [0.1, 0.15) is 22.6 Å². The standard InChI is InChI=1S/C17H20O8/c1-8-5-9-6-10(18)14(15(19)13(9)17(21)25-8)11(22-2)7-12(23-3)16(20)24-4/h5-6,11-12,18-19H,7H2,1-4H3/t11-,12+/m0/s1. The second-order valence-corrected chi connectivity index (χ2v) is 5.47. The molecule has 0 aliphatic rings. The molecular weight excluding hydrogens is 332 g/mol. The molecule has 25 heavy (non-hydrogen) atoms. The Morgan fingerprint density at radius 1 is 1.20 bits per heavy atom. The smallest absolute Gasteiger partial charge is 0.347 e. The molecule has 0 spiro atoms. The van der Waals surface area contributed by atoms with E-state index >= 15 is 0 Å². The zero-order chi connectivity index (χ0) is 18.7. The summed E-state index contributed by atoms with van der Waals surface area (Å²) in [5.74, 6) is -1.02. The zero-order valence-electron chi connectivity index (χ0n) is 14.4. The molecule has 1 aromatic carbocycles. The number of benzene rings is 1. The number of carbonyl (C=O) groups excluding carboxylic acids is 1. The van der Waals surface area contributed by atoms with Crippen molar-refractivity contribution >= 4 is 16.7 Å². The highest BCUT2D eigenvalue weighted by molar-refractivity contribution is 5.90. The first-order chi connectivity index (χ1) is 11.8. The van der Waals surface area contributed by atoms with Gasteiger partial charge in [0.25, 0.3) is 0 Å². The van der Waals surface area contributed by atoms with Crippen LogP contribution in [0.1, 0.15) is 23.8 Å². The summed E-state index contributed by atoms with van der Waals surface area (Å²) in [4.78, 5) is 23.8. The summed E-state index contributed by atoms with van der Waals surface area (Å²) in [5.41, 5.74) is -0.767. The number of carbonyl (C=O) groups is 1. The number of ether oxygens (including phenoxy) is 3. The summed E-state index contributed by atoms with van der Waals surface area (Å²) in [5, 5.41) is 21.1. The van der Waals surface area contributed by atoms with Crippen molar-refractivity contribution in [3.63, 3.8) is 0 Å².